The first kappa shape index (κ1) is 17.2. The van der Waals surface area contributed by atoms with Crippen LogP contribution in [0.2, 0.25) is 0 Å². The molecule has 1 aliphatic carbocycles. The van der Waals surface area contributed by atoms with Gasteiger partial charge in [-0.1, -0.05) is 17.3 Å². The van der Waals surface area contributed by atoms with Crippen LogP contribution in [0.5, 0.6) is 0 Å². The zero-order chi connectivity index (χ0) is 15.6. The maximum atomic E-state index is 11.8. The van der Waals surface area contributed by atoms with Crippen LogP contribution in [-0.2, 0) is 12.1 Å². The minimum absolute atomic E-state index is 0. The van der Waals surface area contributed by atoms with Crippen molar-refractivity contribution in [2.45, 2.75) is 38.3 Å². The second-order valence-electron chi connectivity index (χ2n) is 5.70. The van der Waals surface area contributed by atoms with Gasteiger partial charge in [0.2, 0.25) is 5.89 Å². The van der Waals surface area contributed by atoms with E-state index in [1.807, 2.05) is 31.2 Å². The predicted octanol–water partition coefficient (Wildman–Crippen LogP) is 2.46. The molecule has 0 unspecified atom stereocenters. The Labute approximate surface area is 140 Å². The van der Waals surface area contributed by atoms with E-state index >= 15 is 0 Å². The highest BCUT2D eigenvalue weighted by molar-refractivity contribution is 5.89. The number of nitrogens with one attached hydrogen (secondary N) is 2. The van der Waals surface area contributed by atoms with Gasteiger partial charge in [-0.05, 0) is 43.9 Å². The lowest BCUT2D eigenvalue weighted by Gasteiger charge is -2.34. The normalized spacial score (nSPS) is 15.2. The highest BCUT2D eigenvalue weighted by Crippen LogP contribution is 2.36. The summed E-state index contributed by atoms with van der Waals surface area (Å²) in [6.45, 7) is 2.13. The second-order valence-corrected chi connectivity index (χ2v) is 5.70. The Hall–Kier alpha value is -2.12. The van der Waals surface area contributed by atoms with Crippen molar-refractivity contribution in [1.29, 1.82) is 0 Å². The van der Waals surface area contributed by atoms with Crippen molar-refractivity contribution in [3.05, 3.63) is 41.5 Å². The standard InChI is InChI=1S/C15H19N5O2.ClH/c1-10-4-2-5-11(8-10)18-14(21)17-9-12-19-13(20-22-12)15(16)6-3-7-15;/h2,4-5,8H,3,6-7,9,16H2,1H3,(H2,17,18,21);1H. The number of carbonyl (C=O) groups excluding carboxylic acids is 1. The molecule has 124 valence electrons. The predicted molar refractivity (Wildman–Crippen MR) is 88.3 cm³/mol. The summed E-state index contributed by atoms with van der Waals surface area (Å²) in [5.74, 6) is 0.876. The van der Waals surface area contributed by atoms with Crippen molar-refractivity contribution in [2.75, 3.05) is 5.32 Å². The van der Waals surface area contributed by atoms with Crippen LogP contribution in [-0.4, -0.2) is 16.2 Å². The maximum absolute atomic E-state index is 11.8. The molecule has 1 aliphatic rings. The van der Waals surface area contributed by atoms with Gasteiger partial charge in [0.25, 0.3) is 0 Å². The number of carbonyl (C=O) groups is 1. The average Bonchev–Trinajstić information content (AvgIpc) is 2.92. The van der Waals surface area contributed by atoms with E-state index in [2.05, 4.69) is 20.8 Å². The first-order valence-electron chi connectivity index (χ1n) is 7.29. The quantitative estimate of drug-likeness (QED) is 0.794. The molecule has 0 saturated heterocycles. The first-order chi connectivity index (χ1) is 10.5. The summed E-state index contributed by atoms with van der Waals surface area (Å²) >= 11 is 0. The minimum atomic E-state index is -0.453. The molecule has 2 amide bonds. The van der Waals surface area contributed by atoms with Crippen molar-refractivity contribution < 1.29 is 9.32 Å². The van der Waals surface area contributed by atoms with Gasteiger partial charge in [0.05, 0.1) is 12.1 Å². The zero-order valence-corrected chi connectivity index (χ0v) is 13.7. The molecule has 0 radical (unpaired) electrons. The van der Waals surface area contributed by atoms with Crippen LogP contribution in [0.3, 0.4) is 0 Å². The fourth-order valence-corrected chi connectivity index (χ4v) is 2.36. The van der Waals surface area contributed by atoms with Crippen molar-refractivity contribution in [3.8, 4) is 0 Å². The van der Waals surface area contributed by atoms with E-state index in [9.17, 15) is 4.79 Å². The van der Waals surface area contributed by atoms with Crippen LogP contribution >= 0.6 is 12.4 Å². The number of nitrogens with two attached hydrogens (primary N) is 1. The molecule has 0 bridgehead atoms. The Morgan fingerprint density at radius 1 is 1.43 bits per heavy atom. The first-order valence-corrected chi connectivity index (χ1v) is 7.29. The summed E-state index contributed by atoms with van der Waals surface area (Å²) in [5.41, 5.74) is 7.48. The molecule has 1 heterocycles. The van der Waals surface area contributed by atoms with Crippen LogP contribution < -0.4 is 16.4 Å². The lowest BCUT2D eigenvalue weighted by atomic mass is 9.77. The summed E-state index contributed by atoms with van der Waals surface area (Å²) in [6.07, 6.45) is 2.82. The molecule has 0 spiro atoms. The van der Waals surface area contributed by atoms with Crippen molar-refractivity contribution in [2.24, 2.45) is 5.73 Å². The Morgan fingerprint density at radius 2 is 2.22 bits per heavy atom. The van der Waals surface area contributed by atoms with E-state index in [1.165, 1.54) is 0 Å². The summed E-state index contributed by atoms with van der Waals surface area (Å²) < 4.78 is 5.12. The summed E-state index contributed by atoms with van der Waals surface area (Å²) in [5, 5.41) is 9.33. The molecule has 1 saturated carbocycles. The molecule has 0 atom stereocenters. The summed E-state index contributed by atoms with van der Waals surface area (Å²) in [7, 11) is 0. The average molecular weight is 338 g/mol. The van der Waals surface area contributed by atoms with Crippen molar-refractivity contribution in [3.63, 3.8) is 0 Å². The number of anilines is 1. The molecule has 1 aromatic heterocycles. The van der Waals surface area contributed by atoms with Gasteiger partial charge in [-0.3, -0.25) is 0 Å². The molecule has 1 aromatic carbocycles. The van der Waals surface area contributed by atoms with Gasteiger partial charge in [-0.25, -0.2) is 4.79 Å². The molecule has 4 N–H and O–H groups in total. The van der Waals surface area contributed by atoms with Crippen LogP contribution in [0.4, 0.5) is 10.5 Å². The molecule has 0 aliphatic heterocycles. The van der Waals surface area contributed by atoms with Gasteiger partial charge >= 0.3 is 6.03 Å². The molecule has 7 nitrogen and oxygen atoms in total. The second kappa shape index (κ2) is 6.97. The number of aromatic nitrogens is 2. The SMILES string of the molecule is Cc1cccc(NC(=O)NCc2nc(C3(N)CCC3)no2)c1.Cl. The van der Waals surface area contributed by atoms with Crippen molar-refractivity contribution >= 4 is 24.1 Å². The van der Waals surface area contributed by atoms with E-state index in [1.54, 1.807) is 0 Å². The van der Waals surface area contributed by atoms with Crippen LogP contribution in [0.25, 0.3) is 0 Å². The summed E-state index contributed by atoms with van der Waals surface area (Å²) in [6, 6.07) is 7.24. The molecule has 2 aromatic rings. The van der Waals surface area contributed by atoms with Crippen LogP contribution in [0.15, 0.2) is 28.8 Å². The largest absolute Gasteiger partial charge is 0.337 e. The van der Waals surface area contributed by atoms with Crippen molar-refractivity contribution in [1.82, 2.24) is 15.5 Å². The van der Waals surface area contributed by atoms with Gasteiger partial charge < -0.3 is 20.9 Å². The van der Waals surface area contributed by atoms with Crippen LogP contribution in [0.1, 0.15) is 36.5 Å². The Morgan fingerprint density at radius 3 is 2.87 bits per heavy atom. The molecular weight excluding hydrogens is 318 g/mol. The number of aryl methyl sites for hydroxylation is 1. The topological polar surface area (TPSA) is 106 Å². The smallest absolute Gasteiger partial charge is 0.319 e. The monoisotopic (exact) mass is 337 g/mol. The third kappa shape index (κ3) is 4.00. The number of amides is 2. The Kier molecular flexibility index (Phi) is 5.23. The van der Waals surface area contributed by atoms with E-state index in [-0.39, 0.29) is 25.0 Å². The number of hydrogen-bond acceptors (Lipinski definition) is 5. The van der Waals surface area contributed by atoms with Gasteiger partial charge in [-0.15, -0.1) is 12.4 Å². The lowest BCUT2D eigenvalue weighted by Crippen LogP contribution is -2.44. The Balaban J connectivity index is 0.00000192. The van der Waals surface area contributed by atoms with E-state index in [0.717, 1.165) is 30.5 Å². The van der Waals surface area contributed by atoms with E-state index in [4.69, 9.17) is 10.3 Å². The fraction of sp³-hybridized carbons (Fsp3) is 0.400. The number of benzene rings is 1. The maximum Gasteiger partial charge on any atom is 0.319 e. The lowest BCUT2D eigenvalue weighted by molar-refractivity contribution is 0.228. The molecular formula is C15H20ClN5O2. The third-order valence-electron chi connectivity index (χ3n) is 3.84. The Bertz CT molecular complexity index is 684. The summed E-state index contributed by atoms with van der Waals surface area (Å²) in [4.78, 5) is 16.1. The van der Waals surface area contributed by atoms with E-state index in [0.29, 0.717) is 11.7 Å². The van der Waals surface area contributed by atoms with Crippen LogP contribution in [0, 0.1) is 6.92 Å². The fourth-order valence-electron chi connectivity index (χ4n) is 2.36. The molecule has 8 heteroatoms. The number of nitrogens with zero attached hydrogens (tertiary/aromatic N) is 2. The van der Waals surface area contributed by atoms with E-state index < -0.39 is 5.54 Å². The number of rotatable bonds is 4. The van der Waals surface area contributed by atoms with Gasteiger partial charge in [0, 0.05) is 5.69 Å². The number of urea groups is 1. The minimum Gasteiger partial charge on any atom is -0.337 e. The highest BCUT2D eigenvalue weighted by atomic mass is 35.5. The zero-order valence-electron chi connectivity index (χ0n) is 12.8. The van der Waals surface area contributed by atoms with Gasteiger partial charge in [0.15, 0.2) is 5.82 Å². The van der Waals surface area contributed by atoms with Gasteiger partial charge in [0.1, 0.15) is 0 Å². The highest BCUT2D eigenvalue weighted by Gasteiger charge is 2.38. The molecule has 3 rings (SSSR count). The molecule has 1 fully saturated rings. The number of hydrogen-bond donors (Lipinski definition) is 3. The van der Waals surface area contributed by atoms with Gasteiger partial charge in [-0.2, -0.15) is 4.98 Å². The third-order valence-corrected chi connectivity index (χ3v) is 3.84. The molecule has 23 heavy (non-hydrogen) atoms. The number of halogens is 1.